The van der Waals surface area contributed by atoms with Gasteiger partial charge >= 0.3 is 0 Å². The maximum atomic E-state index is 12.2. The molecule has 1 fully saturated rings. The topological polar surface area (TPSA) is 73.1 Å². The van der Waals surface area contributed by atoms with Crippen LogP contribution in [-0.4, -0.2) is 28.9 Å². The lowest BCUT2D eigenvalue weighted by Gasteiger charge is -2.22. The monoisotopic (exact) mass is 290 g/mol. The van der Waals surface area contributed by atoms with Crippen LogP contribution in [0.2, 0.25) is 0 Å². The van der Waals surface area contributed by atoms with E-state index in [9.17, 15) is 9.90 Å². The molecule has 0 aromatic heterocycles. The molecule has 1 aliphatic carbocycles. The number of benzene rings is 1. The first-order valence-electron chi connectivity index (χ1n) is 6.74. The van der Waals surface area contributed by atoms with Gasteiger partial charge < -0.3 is 10.4 Å². The van der Waals surface area contributed by atoms with Gasteiger partial charge in [-0.3, -0.25) is 4.79 Å². The third kappa shape index (κ3) is 3.75. The second-order valence-electron chi connectivity index (χ2n) is 5.06. The first-order chi connectivity index (χ1) is 9.64. The van der Waals surface area contributed by atoms with Crippen molar-refractivity contribution in [3.05, 3.63) is 29.8 Å². The van der Waals surface area contributed by atoms with Crippen molar-refractivity contribution in [3.63, 3.8) is 0 Å². The van der Waals surface area contributed by atoms with E-state index < -0.39 is 5.60 Å². The third-order valence-corrected chi connectivity index (χ3v) is 4.48. The van der Waals surface area contributed by atoms with Gasteiger partial charge in [-0.05, 0) is 25.0 Å². The Kier molecular flexibility index (Phi) is 5.05. The summed E-state index contributed by atoms with van der Waals surface area (Å²) in [6.07, 6.45) is 3.53. The highest BCUT2D eigenvalue weighted by Gasteiger charge is 2.31. The standard InChI is InChI=1S/C15H18N2O2S/c16-9-10-20-13-6-2-1-5-12(13)14(18)17-11-15(19)7-3-4-8-15/h1-2,5-6,19H,3-4,7-8,10-11H2,(H,17,18). The van der Waals surface area contributed by atoms with Crippen LogP contribution in [0.5, 0.6) is 0 Å². The zero-order valence-corrected chi connectivity index (χ0v) is 12.1. The van der Waals surface area contributed by atoms with Crippen LogP contribution in [0, 0.1) is 11.3 Å². The average molecular weight is 290 g/mol. The number of hydrogen-bond acceptors (Lipinski definition) is 4. The van der Waals surface area contributed by atoms with E-state index in [4.69, 9.17) is 5.26 Å². The molecule has 1 aromatic carbocycles. The molecule has 0 atom stereocenters. The van der Waals surface area contributed by atoms with Crippen LogP contribution < -0.4 is 5.32 Å². The molecule has 5 heteroatoms. The second-order valence-corrected chi connectivity index (χ2v) is 6.07. The number of carbonyl (C=O) groups is 1. The van der Waals surface area contributed by atoms with Crippen LogP contribution in [-0.2, 0) is 0 Å². The average Bonchev–Trinajstić information content (AvgIpc) is 2.90. The van der Waals surface area contributed by atoms with E-state index >= 15 is 0 Å². The van der Waals surface area contributed by atoms with Gasteiger partial charge in [0.15, 0.2) is 0 Å². The summed E-state index contributed by atoms with van der Waals surface area (Å²) in [5.41, 5.74) is -0.181. The summed E-state index contributed by atoms with van der Waals surface area (Å²) >= 11 is 1.35. The van der Waals surface area contributed by atoms with Crippen molar-refractivity contribution in [2.75, 3.05) is 12.3 Å². The summed E-state index contributed by atoms with van der Waals surface area (Å²) < 4.78 is 0. The van der Waals surface area contributed by atoms with Crippen LogP contribution in [0.15, 0.2) is 29.2 Å². The van der Waals surface area contributed by atoms with Crippen molar-refractivity contribution in [1.29, 1.82) is 5.26 Å². The third-order valence-electron chi connectivity index (χ3n) is 3.54. The lowest BCUT2D eigenvalue weighted by Crippen LogP contribution is -2.40. The minimum atomic E-state index is -0.746. The maximum absolute atomic E-state index is 12.2. The molecule has 2 N–H and O–H groups in total. The summed E-state index contributed by atoms with van der Waals surface area (Å²) in [7, 11) is 0. The van der Waals surface area contributed by atoms with E-state index in [0.717, 1.165) is 30.6 Å². The van der Waals surface area contributed by atoms with Gasteiger partial charge in [-0.2, -0.15) is 5.26 Å². The number of nitrogens with one attached hydrogen (secondary N) is 1. The molecule has 4 nitrogen and oxygen atoms in total. The Balaban J connectivity index is 2.00. The van der Waals surface area contributed by atoms with Crippen LogP contribution in [0.4, 0.5) is 0 Å². The molecule has 106 valence electrons. The van der Waals surface area contributed by atoms with Crippen LogP contribution in [0.25, 0.3) is 0 Å². The minimum absolute atomic E-state index is 0.189. The number of hydrogen-bond donors (Lipinski definition) is 2. The molecule has 1 amide bonds. The minimum Gasteiger partial charge on any atom is -0.388 e. The number of thioether (sulfide) groups is 1. The van der Waals surface area contributed by atoms with Crippen LogP contribution in [0.3, 0.4) is 0 Å². The van der Waals surface area contributed by atoms with E-state index in [1.807, 2.05) is 12.1 Å². The van der Waals surface area contributed by atoms with Crippen LogP contribution >= 0.6 is 11.8 Å². The Hall–Kier alpha value is -1.51. The van der Waals surface area contributed by atoms with Gasteiger partial charge in [0.2, 0.25) is 0 Å². The fraction of sp³-hybridized carbons (Fsp3) is 0.467. The first kappa shape index (κ1) is 14.9. The predicted molar refractivity (Wildman–Crippen MR) is 78.5 cm³/mol. The van der Waals surface area contributed by atoms with E-state index in [0.29, 0.717) is 17.9 Å². The maximum Gasteiger partial charge on any atom is 0.252 e. The molecule has 0 unspecified atom stereocenters. The van der Waals surface area contributed by atoms with Crippen molar-refractivity contribution in [3.8, 4) is 6.07 Å². The highest BCUT2D eigenvalue weighted by molar-refractivity contribution is 7.99. The van der Waals surface area contributed by atoms with Gasteiger partial charge in [0.05, 0.1) is 23.0 Å². The highest BCUT2D eigenvalue weighted by Crippen LogP contribution is 2.29. The van der Waals surface area contributed by atoms with Crippen molar-refractivity contribution >= 4 is 17.7 Å². The molecule has 1 saturated carbocycles. The summed E-state index contributed by atoms with van der Waals surface area (Å²) in [6.45, 7) is 0.295. The Morgan fingerprint density at radius 2 is 2.10 bits per heavy atom. The van der Waals surface area contributed by atoms with E-state index in [-0.39, 0.29) is 5.91 Å². The van der Waals surface area contributed by atoms with Gasteiger partial charge in [-0.15, -0.1) is 11.8 Å². The SMILES string of the molecule is N#CCSc1ccccc1C(=O)NCC1(O)CCCC1. The Labute approximate surface area is 123 Å². The summed E-state index contributed by atoms with van der Waals surface area (Å²) in [6, 6.07) is 9.28. The lowest BCUT2D eigenvalue weighted by atomic mass is 10.0. The molecule has 0 aliphatic heterocycles. The number of amides is 1. The van der Waals surface area contributed by atoms with Gasteiger partial charge in [-0.25, -0.2) is 0 Å². The van der Waals surface area contributed by atoms with E-state index in [1.165, 1.54) is 11.8 Å². The molecule has 0 saturated heterocycles. The number of carbonyl (C=O) groups excluding carboxylic acids is 1. The molecular formula is C15H18N2O2S. The number of aliphatic hydroxyl groups is 1. The highest BCUT2D eigenvalue weighted by atomic mass is 32.2. The van der Waals surface area contributed by atoms with Gasteiger partial charge in [0.25, 0.3) is 5.91 Å². The predicted octanol–water partition coefficient (Wildman–Crippen LogP) is 2.34. The molecule has 0 radical (unpaired) electrons. The quantitative estimate of drug-likeness (QED) is 0.816. The molecule has 1 aromatic rings. The Bertz CT molecular complexity index is 519. The lowest BCUT2D eigenvalue weighted by molar-refractivity contribution is 0.0449. The van der Waals surface area contributed by atoms with Crippen molar-refractivity contribution in [2.45, 2.75) is 36.2 Å². The van der Waals surface area contributed by atoms with E-state index in [1.54, 1.807) is 12.1 Å². The van der Waals surface area contributed by atoms with Gasteiger partial charge in [0, 0.05) is 11.4 Å². The molecule has 2 rings (SSSR count). The Morgan fingerprint density at radius 3 is 2.80 bits per heavy atom. The fourth-order valence-electron chi connectivity index (χ4n) is 2.44. The molecular weight excluding hydrogens is 272 g/mol. The van der Waals surface area contributed by atoms with Crippen LogP contribution in [0.1, 0.15) is 36.0 Å². The fourth-order valence-corrected chi connectivity index (χ4v) is 3.15. The smallest absolute Gasteiger partial charge is 0.252 e. The van der Waals surface area contributed by atoms with Crippen molar-refractivity contribution < 1.29 is 9.90 Å². The molecule has 20 heavy (non-hydrogen) atoms. The Morgan fingerprint density at radius 1 is 1.40 bits per heavy atom. The molecule has 1 aliphatic rings. The zero-order chi connectivity index (χ0) is 14.4. The largest absolute Gasteiger partial charge is 0.388 e. The van der Waals surface area contributed by atoms with Crippen molar-refractivity contribution in [1.82, 2.24) is 5.32 Å². The van der Waals surface area contributed by atoms with Crippen molar-refractivity contribution in [2.24, 2.45) is 0 Å². The zero-order valence-electron chi connectivity index (χ0n) is 11.3. The van der Waals surface area contributed by atoms with E-state index in [2.05, 4.69) is 11.4 Å². The summed E-state index contributed by atoms with van der Waals surface area (Å²) in [4.78, 5) is 13.0. The normalized spacial score (nSPS) is 16.6. The molecule has 0 spiro atoms. The second kappa shape index (κ2) is 6.78. The number of rotatable bonds is 5. The summed E-state index contributed by atoms with van der Waals surface area (Å²) in [5.74, 6) is 0.125. The molecule has 0 heterocycles. The first-order valence-corrected chi connectivity index (χ1v) is 7.72. The molecule has 0 bridgehead atoms. The van der Waals surface area contributed by atoms with Gasteiger partial charge in [-0.1, -0.05) is 25.0 Å². The number of nitrogens with zero attached hydrogens (tertiary/aromatic N) is 1. The summed E-state index contributed by atoms with van der Waals surface area (Å²) in [5, 5.41) is 21.7. The van der Waals surface area contributed by atoms with Gasteiger partial charge in [0.1, 0.15) is 0 Å². The number of nitriles is 1.